The smallest absolute Gasteiger partial charge is 0.224 e. The van der Waals surface area contributed by atoms with Crippen molar-refractivity contribution in [1.82, 2.24) is 10.6 Å². The molecule has 1 saturated heterocycles. The van der Waals surface area contributed by atoms with E-state index in [9.17, 15) is 4.79 Å². The van der Waals surface area contributed by atoms with Crippen LogP contribution in [0.1, 0.15) is 32.6 Å². The average Bonchev–Trinajstić information content (AvgIpc) is 3.01. The molecule has 2 bridgehead atoms. The molecule has 3 aliphatic rings. The van der Waals surface area contributed by atoms with Crippen molar-refractivity contribution >= 4 is 5.91 Å². The standard InChI is InChI=1S/C14H24N2O/c1-9-6-15-8-13(9)14(17)16-7-12-5-10-2-3-11(12)4-10/h9-13,15H,2-8H2,1H3,(H,16,17)/t9-,10?,11?,12?,13-/m1/s1. The molecule has 0 spiro atoms. The van der Waals surface area contributed by atoms with Crippen molar-refractivity contribution < 1.29 is 4.79 Å². The van der Waals surface area contributed by atoms with Gasteiger partial charge in [0.05, 0.1) is 5.92 Å². The normalized spacial score (nSPS) is 44.2. The van der Waals surface area contributed by atoms with Crippen molar-refractivity contribution in [3.05, 3.63) is 0 Å². The van der Waals surface area contributed by atoms with Gasteiger partial charge in [-0.25, -0.2) is 0 Å². The first kappa shape index (κ1) is 11.5. The third-order valence-corrected chi connectivity index (χ3v) is 5.28. The van der Waals surface area contributed by atoms with E-state index in [-0.39, 0.29) is 11.8 Å². The molecule has 5 atom stereocenters. The molecule has 0 aromatic carbocycles. The summed E-state index contributed by atoms with van der Waals surface area (Å²) in [4.78, 5) is 12.1. The Morgan fingerprint density at radius 2 is 2.18 bits per heavy atom. The maximum absolute atomic E-state index is 12.1. The van der Waals surface area contributed by atoms with Crippen LogP contribution in [0.4, 0.5) is 0 Å². The second kappa shape index (κ2) is 4.60. The number of hydrogen-bond acceptors (Lipinski definition) is 2. The summed E-state index contributed by atoms with van der Waals surface area (Å²) in [5.41, 5.74) is 0. The summed E-state index contributed by atoms with van der Waals surface area (Å²) in [6.45, 7) is 4.96. The summed E-state index contributed by atoms with van der Waals surface area (Å²) in [6, 6.07) is 0. The molecule has 3 rings (SSSR count). The Morgan fingerprint density at radius 3 is 2.76 bits per heavy atom. The van der Waals surface area contributed by atoms with Gasteiger partial charge < -0.3 is 10.6 Å². The lowest BCUT2D eigenvalue weighted by Gasteiger charge is -2.23. The molecule has 3 unspecified atom stereocenters. The zero-order valence-electron chi connectivity index (χ0n) is 10.7. The van der Waals surface area contributed by atoms with Gasteiger partial charge in [-0.1, -0.05) is 13.3 Å². The van der Waals surface area contributed by atoms with Crippen molar-refractivity contribution in [3.63, 3.8) is 0 Å². The van der Waals surface area contributed by atoms with E-state index in [2.05, 4.69) is 17.6 Å². The van der Waals surface area contributed by atoms with Crippen LogP contribution in [-0.4, -0.2) is 25.5 Å². The van der Waals surface area contributed by atoms with Crippen LogP contribution in [0.3, 0.4) is 0 Å². The fourth-order valence-corrected chi connectivity index (χ4v) is 4.15. The molecule has 0 aromatic heterocycles. The van der Waals surface area contributed by atoms with Gasteiger partial charge in [-0.2, -0.15) is 0 Å². The van der Waals surface area contributed by atoms with Gasteiger partial charge in [0.2, 0.25) is 5.91 Å². The number of carbonyl (C=O) groups is 1. The molecule has 3 heteroatoms. The third kappa shape index (κ3) is 2.22. The zero-order valence-corrected chi connectivity index (χ0v) is 10.7. The number of nitrogens with one attached hydrogen (secondary N) is 2. The van der Waals surface area contributed by atoms with Crippen molar-refractivity contribution in [1.29, 1.82) is 0 Å². The minimum Gasteiger partial charge on any atom is -0.356 e. The largest absolute Gasteiger partial charge is 0.356 e. The molecular weight excluding hydrogens is 212 g/mol. The molecule has 0 radical (unpaired) electrons. The summed E-state index contributed by atoms with van der Waals surface area (Å²) in [5.74, 6) is 3.66. The fraction of sp³-hybridized carbons (Fsp3) is 0.929. The fourth-order valence-electron chi connectivity index (χ4n) is 4.15. The average molecular weight is 236 g/mol. The van der Waals surface area contributed by atoms with E-state index >= 15 is 0 Å². The quantitative estimate of drug-likeness (QED) is 0.777. The van der Waals surface area contributed by atoms with E-state index in [4.69, 9.17) is 0 Å². The van der Waals surface area contributed by atoms with Crippen LogP contribution in [0.15, 0.2) is 0 Å². The highest BCUT2D eigenvalue weighted by molar-refractivity contribution is 5.79. The van der Waals surface area contributed by atoms with Crippen LogP contribution in [0, 0.1) is 29.6 Å². The van der Waals surface area contributed by atoms with E-state index in [0.717, 1.165) is 37.4 Å². The summed E-state index contributed by atoms with van der Waals surface area (Å²) < 4.78 is 0. The monoisotopic (exact) mass is 236 g/mol. The first-order valence-corrected chi connectivity index (χ1v) is 7.22. The highest BCUT2D eigenvalue weighted by Crippen LogP contribution is 2.47. The van der Waals surface area contributed by atoms with Crippen molar-refractivity contribution in [2.24, 2.45) is 29.6 Å². The number of fused-ring (bicyclic) bond motifs is 2. The number of carbonyl (C=O) groups excluding carboxylic acids is 1. The van der Waals surface area contributed by atoms with Gasteiger partial charge in [0.25, 0.3) is 0 Å². The van der Waals surface area contributed by atoms with Gasteiger partial charge >= 0.3 is 0 Å². The minimum absolute atomic E-state index is 0.202. The number of hydrogen-bond donors (Lipinski definition) is 2. The lowest BCUT2D eigenvalue weighted by molar-refractivity contribution is -0.125. The van der Waals surface area contributed by atoms with Gasteiger partial charge in [-0.05, 0) is 49.5 Å². The van der Waals surface area contributed by atoms with Crippen LogP contribution in [0.25, 0.3) is 0 Å². The SMILES string of the molecule is C[C@@H]1CNC[C@H]1C(=O)NCC1CC2CCC1C2. The Kier molecular flexibility index (Phi) is 3.12. The van der Waals surface area contributed by atoms with E-state index in [1.165, 1.54) is 25.7 Å². The lowest BCUT2D eigenvalue weighted by atomic mass is 9.88. The van der Waals surface area contributed by atoms with Crippen LogP contribution in [-0.2, 0) is 4.79 Å². The predicted octanol–water partition coefficient (Wildman–Crippen LogP) is 1.39. The van der Waals surface area contributed by atoms with Crippen molar-refractivity contribution in [2.45, 2.75) is 32.6 Å². The van der Waals surface area contributed by atoms with Gasteiger partial charge in [-0.15, -0.1) is 0 Å². The van der Waals surface area contributed by atoms with E-state index in [1.54, 1.807) is 0 Å². The van der Waals surface area contributed by atoms with Crippen LogP contribution in [0.5, 0.6) is 0 Å². The Balaban J connectivity index is 1.46. The molecule has 0 aromatic rings. The molecule has 1 aliphatic heterocycles. The summed E-state index contributed by atoms with van der Waals surface area (Å²) in [7, 11) is 0. The van der Waals surface area contributed by atoms with Crippen LogP contribution >= 0.6 is 0 Å². The van der Waals surface area contributed by atoms with E-state index in [1.807, 2.05) is 0 Å². The molecule has 2 aliphatic carbocycles. The lowest BCUT2D eigenvalue weighted by Crippen LogP contribution is -2.38. The van der Waals surface area contributed by atoms with Gasteiger partial charge in [0.15, 0.2) is 0 Å². The first-order valence-electron chi connectivity index (χ1n) is 7.22. The van der Waals surface area contributed by atoms with Gasteiger partial charge in [0, 0.05) is 13.1 Å². The predicted molar refractivity (Wildman–Crippen MR) is 67.5 cm³/mol. The zero-order chi connectivity index (χ0) is 11.8. The number of rotatable bonds is 3. The highest BCUT2D eigenvalue weighted by Gasteiger charge is 2.39. The topological polar surface area (TPSA) is 41.1 Å². The Labute approximate surface area is 104 Å². The molecule has 96 valence electrons. The highest BCUT2D eigenvalue weighted by atomic mass is 16.1. The second-order valence-electron chi connectivity index (χ2n) is 6.42. The second-order valence-corrected chi connectivity index (χ2v) is 6.42. The van der Waals surface area contributed by atoms with Crippen molar-refractivity contribution in [3.8, 4) is 0 Å². The summed E-state index contributed by atoms with van der Waals surface area (Å²) in [5, 5.41) is 6.50. The molecule has 1 amide bonds. The van der Waals surface area contributed by atoms with Crippen molar-refractivity contribution in [2.75, 3.05) is 19.6 Å². The summed E-state index contributed by atoms with van der Waals surface area (Å²) in [6.07, 6.45) is 5.65. The number of amides is 1. The Morgan fingerprint density at radius 1 is 1.29 bits per heavy atom. The molecular formula is C14H24N2O. The van der Waals surface area contributed by atoms with Gasteiger partial charge in [0.1, 0.15) is 0 Å². The molecule has 1 heterocycles. The molecule has 2 N–H and O–H groups in total. The maximum Gasteiger partial charge on any atom is 0.224 e. The van der Waals surface area contributed by atoms with E-state index in [0.29, 0.717) is 5.92 Å². The van der Waals surface area contributed by atoms with Gasteiger partial charge in [-0.3, -0.25) is 4.79 Å². The molecule has 2 saturated carbocycles. The Bertz CT molecular complexity index is 305. The molecule has 17 heavy (non-hydrogen) atoms. The minimum atomic E-state index is 0.202. The van der Waals surface area contributed by atoms with Crippen LogP contribution < -0.4 is 10.6 Å². The third-order valence-electron chi connectivity index (χ3n) is 5.28. The molecule has 3 nitrogen and oxygen atoms in total. The molecule has 3 fully saturated rings. The van der Waals surface area contributed by atoms with E-state index < -0.39 is 0 Å². The Hall–Kier alpha value is -0.570. The summed E-state index contributed by atoms with van der Waals surface area (Å²) >= 11 is 0. The maximum atomic E-state index is 12.1. The van der Waals surface area contributed by atoms with Crippen LogP contribution in [0.2, 0.25) is 0 Å². The first-order chi connectivity index (χ1) is 8.24.